The average Bonchev–Trinajstić information content (AvgIpc) is 3.25. The van der Waals surface area contributed by atoms with Crippen molar-refractivity contribution < 1.29 is 28.3 Å². The first-order valence-corrected chi connectivity index (χ1v) is 8.64. The summed E-state index contributed by atoms with van der Waals surface area (Å²) < 4.78 is 20.4. The minimum absolute atomic E-state index is 0.135. The van der Waals surface area contributed by atoms with Crippen molar-refractivity contribution >= 4 is 11.9 Å². The van der Waals surface area contributed by atoms with Crippen molar-refractivity contribution in [3.63, 3.8) is 0 Å². The van der Waals surface area contributed by atoms with Gasteiger partial charge in [-0.25, -0.2) is 0 Å². The molecule has 0 radical (unpaired) electrons. The van der Waals surface area contributed by atoms with Gasteiger partial charge in [0.15, 0.2) is 6.61 Å². The van der Waals surface area contributed by atoms with Gasteiger partial charge in [0.05, 0.1) is 14.2 Å². The van der Waals surface area contributed by atoms with Crippen molar-refractivity contribution in [3.05, 3.63) is 60.0 Å². The minimum Gasteiger partial charge on any atom is -0.497 e. The number of aromatic nitrogens is 2. The Bertz CT molecular complexity index is 1000. The Kier molecular flexibility index (Phi) is 6.41. The van der Waals surface area contributed by atoms with E-state index in [0.717, 1.165) is 0 Å². The number of nitrogens with one attached hydrogen (secondary N) is 1. The van der Waals surface area contributed by atoms with E-state index in [1.807, 2.05) is 0 Å². The maximum absolute atomic E-state index is 12.1. The zero-order valence-electron chi connectivity index (χ0n) is 15.9. The zero-order valence-corrected chi connectivity index (χ0v) is 15.9. The highest BCUT2D eigenvalue weighted by molar-refractivity contribution is 5.96. The zero-order chi connectivity index (χ0) is 20.6. The van der Waals surface area contributed by atoms with Gasteiger partial charge < -0.3 is 24.1 Å². The highest BCUT2D eigenvalue weighted by atomic mass is 16.6. The van der Waals surface area contributed by atoms with Crippen molar-refractivity contribution in [2.45, 2.75) is 6.61 Å². The predicted molar refractivity (Wildman–Crippen MR) is 101 cm³/mol. The third kappa shape index (κ3) is 5.32. The van der Waals surface area contributed by atoms with Crippen molar-refractivity contribution in [1.29, 1.82) is 0 Å². The fourth-order valence-corrected chi connectivity index (χ4v) is 2.40. The smallest absolute Gasteiger partial charge is 0.325 e. The number of esters is 1. The predicted octanol–water partition coefficient (Wildman–Crippen LogP) is 2.23. The van der Waals surface area contributed by atoms with Gasteiger partial charge in [-0.2, -0.15) is 4.98 Å². The lowest BCUT2D eigenvalue weighted by Crippen LogP contribution is -2.30. The van der Waals surface area contributed by atoms with Crippen LogP contribution in [0.5, 0.6) is 11.5 Å². The Morgan fingerprint density at radius 1 is 1.03 bits per heavy atom. The summed E-state index contributed by atoms with van der Waals surface area (Å²) in [4.78, 5) is 28.1. The van der Waals surface area contributed by atoms with Crippen LogP contribution in [-0.4, -0.2) is 42.8 Å². The molecular formula is C20H19N3O6. The first-order chi connectivity index (χ1) is 14.1. The van der Waals surface area contributed by atoms with Crippen LogP contribution in [0, 0.1) is 0 Å². The van der Waals surface area contributed by atoms with E-state index in [1.165, 1.54) is 7.11 Å². The van der Waals surface area contributed by atoms with Gasteiger partial charge in [0, 0.05) is 11.1 Å². The Morgan fingerprint density at radius 3 is 2.52 bits per heavy atom. The number of nitrogens with zero attached hydrogens (tertiary/aromatic N) is 2. The van der Waals surface area contributed by atoms with Gasteiger partial charge in [-0.15, -0.1) is 0 Å². The molecule has 2 aromatic carbocycles. The third-order valence-electron chi connectivity index (χ3n) is 3.88. The maximum atomic E-state index is 12.1. The summed E-state index contributed by atoms with van der Waals surface area (Å²) in [6.45, 7) is -0.502. The molecule has 150 valence electrons. The molecule has 0 unspecified atom stereocenters. The summed E-state index contributed by atoms with van der Waals surface area (Å²) in [6.07, 6.45) is 0. The molecule has 1 heterocycles. The lowest BCUT2D eigenvalue weighted by Gasteiger charge is -2.06. The fraction of sp³-hybridized carbons (Fsp3) is 0.200. The first-order valence-electron chi connectivity index (χ1n) is 8.64. The second kappa shape index (κ2) is 9.36. The molecule has 0 saturated heterocycles. The van der Waals surface area contributed by atoms with Crippen LogP contribution in [0.25, 0.3) is 11.4 Å². The summed E-state index contributed by atoms with van der Waals surface area (Å²) in [5.74, 6) is 0.633. The van der Waals surface area contributed by atoms with E-state index >= 15 is 0 Å². The van der Waals surface area contributed by atoms with Crippen molar-refractivity contribution in [3.8, 4) is 22.9 Å². The maximum Gasteiger partial charge on any atom is 0.325 e. The summed E-state index contributed by atoms with van der Waals surface area (Å²) >= 11 is 0. The SMILES string of the molecule is COc1cccc(C(=O)NCC(=O)OCc2nc(-c3cccc(OC)c3)no2)c1. The van der Waals surface area contributed by atoms with Crippen molar-refractivity contribution in [1.82, 2.24) is 15.5 Å². The fourth-order valence-electron chi connectivity index (χ4n) is 2.40. The van der Waals surface area contributed by atoms with E-state index in [0.29, 0.717) is 28.5 Å². The van der Waals surface area contributed by atoms with Gasteiger partial charge in [-0.3, -0.25) is 9.59 Å². The second-order valence-corrected chi connectivity index (χ2v) is 5.82. The van der Waals surface area contributed by atoms with Gasteiger partial charge >= 0.3 is 5.97 Å². The topological polar surface area (TPSA) is 113 Å². The molecule has 0 aliphatic rings. The van der Waals surface area contributed by atoms with Gasteiger partial charge in [0.2, 0.25) is 5.82 Å². The van der Waals surface area contributed by atoms with Crippen LogP contribution < -0.4 is 14.8 Å². The van der Waals surface area contributed by atoms with Crippen molar-refractivity contribution in [2.24, 2.45) is 0 Å². The van der Waals surface area contributed by atoms with Gasteiger partial charge in [0.25, 0.3) is 11.8 Å². The van der Waals surface area contributed by atoms with E-state index in [-0.39, 0.29) is 19.0 Å². The number of ether oxygens (including phenoxy) is 3. The Hall–Kier alpha value is -3.88. The van der Waals surface area contributed by atoms with E-state index in [4.69, 9.17) is 18.7 Å². The van der Waals surface area contributed by atoms with Gasteiger partial charge in [-0.1, -0.05) is 23.4 Å². The molecule has 0 saturated carbocycles. The molecule has 9 nitrogen and oxygen atoms in total. The summed E-state index contributed by atoms with van der Waals surface area (Å²) in [6, 6.07) is 13.7. The number of rotatable bonds is 8. The number of benzene rings is 2. The number of hydrogen-bond acceptors (Lipinski definition) is 8. The summed E-state index contributed by atoms with van der Waals surface area (Å²) in [7, 11) is 3.07. The van der Waals surface area contributed by atoms with E-state index < -0.39 is 11.9 Å². The molecule has 3 rings (SSSR count). The molecule has 0 bridgehead atoms. The van der Waals surface area contributed by atoms with Crippen LogP contribution in [0.3, 0.4) is 0 Å². The molecule has 0 aliphatic carbocycles. The first kappa shape index (κ1) is 19.9. The van der Waals surface area contributed by atoms with Crippen LogP contribution in [0.2, 0.25) is 0 Å². The molecule has 0 spiro atoms. The normalized spacial score (nSPS) is 10.3. The summed E-state index contributed by atoms with van der Waals surface area (Å²) in [5.41, 5.74) is 1.08. The molecule has 1 amide bonds. The highest BCUT2D eigenvalue weighted by Gasteiger charge is 2.13. The highest BCUT2D eigenvalue weighted by Crippen LogP contribution is 2.21. The lowest BCUT2D eigenvalue weighted by atomic mass is 10.2. The monoisotopic (exact) mass is 397 g/mol. The molecule has 3 aromatic rings. The van der Waals surface area contributed by atoms with Gasteiger partial charge in [0.1, 0.15) is 18.0 Å². The molecule has 0 atom stereocenters. The average molecular weight is 397 g/mol. The third-order valence-corrected chi connectivity index (χ3v) is 3.88. The lowest BCUT2D eigenvalue weighted by molar-refractivity contribution is -0.144. The number of methoxy groups -OCH3 is 2. The Balaban J connectivity index is 1.49. The summed E-state index contributed by atoms with van der Waals surface area (Å²) in [5, 5.41) is 6.34. The molecule has 29 heavy (non-hydrogen) atoms. The Morgan fingerprint density at radius 2 is 1.76 bits per heavy atom. The molecule has 9 heteroatoms. The molecule has 0 aliphatic heterocycles. The molecule has 1 N–H and O–H groups in total. The van der Waals surface area contributed by atoms with E-state index in [1.54, 1.807) is 55.6 Å². The van der Waals surface area contributed by atoms with E-state index in [9.17, 15) is 9.59 Å². The van der Waals surface area contributed by atoms with Crippen LogP contribution in [0.4, 0.5) is 0 Å². The van der Waals surface area contributed by atoms with Crippen LogP contribution in [-0.2, 0) is 16.1 Å². The van der Waals surface area contributed by atoms with E-state index in [2.05, 4.69) is 15.5 Å². The number of hydrogen-bond donors (Lipinski definition) is 1. The second-order valence-electron chi connectivity index (χ2n) is 5.82. The standard InChI is InChI=1S/C20H19N3O6/c1-26-15-7-3-5-13(9-15)19-22-17(29-23-19)12-28-18(24)11-21-20(25)14-6-4-8-16(10-14)27-2/h3-10H,11-12H2,1-2H3,(H,21,25). The van der Waals surface area contributed by atoms with Crippen LogP contribution >= 0.6 is 0 Å². The number of amides is 1. The van der Waals surface area contributed by atoms with Crippen LogP contribution in [0.15, 0.2) is 53.1 Å². The van der Waals surface area contributed by atoms with Crippen molar-refractivity contribution in [2.75, 3.05) is 20.8 Å². The number of carbonyl (C=O) groups excluding carboxylic acids is 2. The minimum atomic E-state index is -0.637. The molecular weight excluding hydrogens is 378 g/mol. The largest absolute Gasteiger partial charge is 0.497 e. The quantitative estimate of drug-likeness (QED) is 0.576. The van der Waals surface area contributed by atoms with Crippen LogP contribution in [0.1, 0.15) is 16.2 Å². The molecule has 0 fully saturated rings. The molecule has 1 aromatic heterocycles. The Labute approximate surface area is 166 Å². The number of carbonyl (C=O) groups is 2. The van der Waals surface area contributed by atoms with Gasteiger partial charge in [-0.05, 0) is 30.3 Å².